The van der Waals surface area contributed by atoms with Gasteiger partial charge in [0.15, 0.2) is 0 Å². The molecule has 3 rings (SSSR count). The van der Waals surface area contributed by atoms with Crippen LogP contribution in [0.5, 0.6) is 5.75 Å². The topological polar surface area (TPSA) is 62.3 Å². The smallest absolute Gasteiger partial charge is 0.201 e. The molecule has 2 N–H and O–H groups in total. The molecule has 2 atom stereocenters. The van der Waals surface area contributed by atoms with Crippen molar-refractivity contribution in [2.75, 3.05) is 20.0 Å². The molecule has 1 heterocycles. The first-order valence-corrected chi connectivity index (χ1v) is 6.84. The van der Waals surface area contributed by atoms with Gasteiger partial charge in [0.05, 0.1) is 18.7 Å². The van der Waals surface area contributed by atoms with Crippen molar-refractivity contribution in [1.29, 1.82) is 0 Å². The minimum atomic E-state index is 0.0412. The summed E-state index contributed by atoms with van der Waals surface area (Å²) in [5.74, 6) is 1.30. The maximum absolute atomic E-state index is 6.15. The SMILES string of the molecule is COc1cccc2c1nc(N)n2C1CC(OC)C1(C)C. The lowest BCUT2D eigenvalue weighted by Crippen LogP contribution is -2.51. The van der Waals surface area contributed by atoms with E-state index in [0.717, 1.165) is 23.2 Å². The lowest BCUT2D eigenvalue weighted by atomic mass is 9.64. The van der Waals surface area contributed by atoms with E-state index in [0.29, 0.717) is 12.0 Å². The Kier molecular flexibility index (Phi) is 2.90. The van der Waals surface area contributed by atoms with Crippen LogP contribution in [0.1, 0.15) is 26.3 Å². The average Bonchev–Trinajstić information content (AvgIpc) is 2.74. The number of para-hydroxylation sites is 1. The largest absolute Gasteiger partial charge is 0.494 e. The molecule has 1 aliphatic rings. The van der Waals surface area contributed by atoms with E-state index in [4.69, 9.17) is 15.2 Å². The highest BCUT2D eigenvalue weighted by Crippen LogP contribution is 2.52. The summed E-state index contributed by atoms with van der Waals surface area (Å²) in [5.41, 5.74) is 8.04. The highest BCUT2D eigenvalue weighted by molar-refractivity contribution is 5.84. The summed E-state index contributed by atoms with van der Waals surface area (Å²) in [7, 11) is 3.42. The summed E-state index contributed by atoms with van der Waals surface area (Å²) in [6.07, 6.45) is 1.21. The third kappa shape index (κ3) is 1.62. The Morgan fingerprint density at radius 1 is 1.35 bits per heavy atom. The van der Waals surface area contributed by atoms with E-state index < -0.39 is 0 Å². The van der Waals surface area contributed by atoms with Gasteiger partial charge in [-0.1, -0.05) is 19.9 Å². The molecular weight excluding hydrogens is 254 g/mol. The predicted molar refractivity (Wildman–Crippen MR) is 78.9 cm³/mol. The van der Waals surface area contributed by atoms with Crippen LogP contribution in [-0.2, 0) is 4.74 Å². The molecule has 2 unspecified atom stereocenters. The van der Waals surface area contributed by atoms with Gasteiger partial charge in [0.2, 0.25) is 5.95 Å². The molecule has 1 aromatic carbocycles. The van der Waals surface area contributed by atoms with Crippen LogP contribution in [0.4, 0.5) is 5.95 Å². The van der Waals surface area contributed by atoms with Crippen molar-refractivity contribution in [3.63, 3.8) is 0 Å². The monoisotopic (exact) mass is 275 g/mol. The number of benzene rings is 1. The van der Waals surface area contributed by atoms with E-state index in [2.05, 4.69) is 23.4 Å². The van der Waals surface area contributed by atoms with Gasteiger partial charge >= 0.3 is 0 Å². The van der Waals surface area contributed by atoms with Crippen molar-refractivity contribution in [3.8, 4) is 5.75 Å². The van der Waals surface area contributed by atoms with Crippen molar-refractivity contribution in [3.05, 3.63) is 18.2 Å². The lowest BCUT2D eigenvalue weighted by molar-refractivity contribution is -0.110. The summed E-state index contributed by atoms with van der Waals surface area (Å²) >= 11 is 0. The van der Waals surface area contributed by atoms with E-state index in [1.54, 1.807) is 14.2 Å². The highest BCUT2D eigenvalue weighted by Gasteiger charge is 2.50. The van der Waals surface area contributed by atoms with Crippen LogP contribution in [0.15, 0.2) is 18.2 Å². The molecule has 108 valence electrons. The number of nitrogen functional groups attached to an aromatic ring is 1. The van der Waals surface area contributed by atoms with Gasteiger partial charge in [-0.3, -0.25) is 0 Å². The van der Waals surface area contributed by atoms with Gasteiger partial charge in [0.1, 0.15) is 11.3 Å². The number of nitrogens with zero attached hydrogens (tertiary/aromatic N) is 2. The minimum absolute atomic E-state index is 0.0412. The number of methoxy groups -OCH3 is 2. The zero-order chi connectivity index (χ0) is 14.5. The van der Waals surface area contributed by atoms with Crippen molar-refractivity contribution < 1.29 is 9.47 Å². The molecule has 0 bridgehead atoms. The third-order valence-electron chi connectivity index (χ3n) is 4.65. The first-order chi connectivity index (χ1) is 9.50. The number of hydrogen-bond acceptors (Lipinski definition) is 4. The number of hydrogen-bond donors (Lipinski definition) is 1. The normalized spacial score (nSPS) is 24.6. The molecule has 2 aromatic rings. The quantitative estimate of drug-likeness (QED) is 0.935. The molecule has 0 aliphatic heterocycles. The number of fused-ring (bicyclic) bond motifs is 1. The Bertz CT molecular complexity index is 648. The third-order valence-corrected chi connectivity index (χ3v) is 4.65. The summed E-state index contributed by atoms with van der Waals surface area (Å²) in [5, 5.41) is 0. The highest BCUT2D eigenvalue weighted by atomic mass is 16.5. The maximum Gasteiger partial charge on any atom is 0.201 e. The van der Waals surface area contributed by atoms with Crippen LogP contribution in [0.25, 0.3) is 11.0 Å². The van der Waals surface area contributed by atoms with Gasteiger partial charge in [-0.25, -0.2) is 4.98 Å². The molecule has 0 amide bonds. The zero-order valence-corrected chi connectivity index (χ0v) is 12.4. The Labute approximate surface area is 118 Å². The molecule has 0 spiro atoms. The average molecular weight is 275 g/mol. The van der Waals surface area contributed by atoms with Gasteiger partial charge in [-0.2, -0.15) is 0 Å². The lowest BCUT2D eigenvalue weighted by Gasteiger charge is -2.51. The zero-order valence-electron chi connectivity index (χ0n) is 12.4. The fraction of sp³-hybridized carbons (Fsp3) is 0.533. The Morgan fingerprint density at radius 3 is 2.70 bits per heavy atom. The summed E-state index contributed by atoms with van der Waals surface area (Å²) < 4.78 is 13.0. The van der Waals surface area contributed by atoms with Crippen LogP contribution in [-0.4, -0.2) is 29.9 Å². The molecule has 1 fully saturated rings. The van der Waals surface area contributed by atoms with Crippen LogP contribution in [0, 0.1) is 5.41 Å². The number of nitrogens with two attached hydrogens (primary N) is 1. The Morgan fingerprint density at radius 2 is 2.10 bits per heavy atom. The summed E-state index contributed by atoms with van der Waals surface area (Å²) in [6.45, 7) is 4.42. The molecule has 5 nitrogen and oxygen atoms in total. The van der Waals surface area contributed by atoms with Crippen LogP contribution >= 0.6 is 0 Å². The van der Waals surface area contributed by atoms with E-state index in [1.807, 2.05) is 18.2 Å². The van der Waals surface area contributed by atoms with Gasteiger partial charge in [0, 0.05) is 18.6 Å². The molecule has 1 aliphatic carbocycles. The molecule has 0 radical (unpaired) electrons. The first-order valence-electron chi connectivity index (χ1n) is 6.84. The number of anilines is 1. The van der Waals surface area contributed by atoms with E-state index in [9.17, 15) is 0 Å². The second-order valence-corrected chi connectivity index (χ2v) is 5.97. The first kappa shape index (κ1) is 13.2. The molecule has 5 heteroatoms. The molecule has 1 aromatic heterocycles. The van der Waals surface area contributed by atoms with Crippen LogP contribution in [0.3, 0.4) is 0 Å². The second-order valence-electron chi connectivity index (χ2n) is 5.97. The minimum Gasteiger partial charge on any atom is -0.494 e. The van der Waals surface area contributed by atoms with Crippen molar-refractivity contribution >= 4 is 17.0 Å². The van der Waals surface area contributed by atoms with Gasteiger partial charge in [-0.05, 0) is 18.6 Å². The van der Waals surface area contributed by atoms with Crippen LogP contribution < -0.4 is 10.5 Å². The maximum atomic E-state index is 6.15. The van der Waals surface area contributed by atoms with Crippen molar-refractivity contribution in [1.82, 2.24) is 9.55 Å². The Hall–Kier alpha value is -1.75. The molecule has 1 saturated carbocycles. The summed E-state index contributed by atoms with van der Waals surface area (Å²) in [6, 6.07) is 6.21. The number of ether oxygens (including phenoxy) is 2. The molecular formula is C15H21N3O2. The van der Waals surface area contributed by atoms with Crippen molar-refractivity contribution in [2.24, 2.45) is 5.41 Å². The Balaban J connectivity index is 2.12. The van der Waals surface area contributed by atoms with Gasteiger partial charge < -0.3 is 19.8 Å². The van der Waals surface area contributed by atoms with E-state index >= 15 is 0 Å². The fourth-order valence-corrected chi connectivity index (χ4v) is 3.30. The summed E-state index contributed by atoms with van der Waals surface area (Å²) in [4.78, 5) is 4.48. The fourth-order valence-electron chi connectivity index (χ4n) is 3.30. The second kappa shape index (κ2) is 4.38. The number of rotatable bonds is 3. The van der Waals surface area contributed by atoms with Crippen LogP contribution in [0.2, 0.25) is 0 Å². The predicted octanol–water partition coefficient (Wildman–Crippen LogP) is 2.61. The molecule has 0 saturated heterocycles. The molecule has 20 heavy (non-hydrogen) atoms. The van der Waals surface area contributed by atoms with E-state index in [-0.39, 0.29) is 11.5 Å². The number of aromatic nitrogens is 2. The van der Waals surface area contributed by atoms with Gasteiger partial charge in [-0.15, -0.1) is 0 Å². The van der Waals surface area contributed by atoms with Crippen molar-refractivity contribution in [2.45, 2.75) is 32.4 Å². The van der Waals surface area contributed by atoms with Gasteiger partial charge in [0.25, 0.3) is 0 Å². The van der Waals surface area contributed by atoms with E-state index in [1.165, 1.54) is 0 Å². The number of imidazole rings is 1. The standard InChI is InChI=1S/C15H21N3O2/c1-15(2)11(8-12(15)20-4)18-9-6-5-7-10(19-3)13(9)17-14(18)16/h5-7,11-12H,8H2,1-4H3,(H2,16,17).